The third kappa shape index (κ3) is 3.77. The molecule has 1 aliphatic rings. The second kappa shape index (κ2) is 6.10. The van der Waals surface area contributed by atoms with E-state index < -0.39 is 6.10 Å². The van der Waals surface area contributed by atoms with Gasteiger partial charge in [-0.3, -0.25) is 0 Å². The van der Waals surface area contributed by atoms with Crippen molar-refractivity contribution in [1.29, 1.82) is 0 Å². The number of halogens is 1. The molecular weight excluding hydrogens is 221 g/mol. The lowest BCUT2D eigenvalue weighted by Gasteiger charge is -2.14. The second-order valence-electron chi connectivity index (χ2n) is 4.36. The molecule has 1 saturated heterocycles. The largest absolute Gasteiger partial charge is 0.387 e. The van der Waals surface area contributed by atoms with Crippen LogP contribution in [0.5, 0.6) is 0 Å². The molecule has 94 valence electrons. The fraction of sp³-hybridized carbons (Fsp3) is 0.538. The minimum absolute atomic E-state index is 0.274. The summed E-state index contributed by atoms with van der Waals surface area (Å²) in [5, 5.41) is 13.0. The average molecular weight is 239 g/mol. The van der Waals surface area contributed by atoms with E-state index in [1.54, 1.807) is 12.1 Å². The Morgan fingerprint density at radius 1 is 1.41 bits per heavy atom. The van der Waals surface area contributed by atoms with Crippen molar-refractivity contribution in [3.05, 3.63) is 35.6 Å². The monoisotopic (exact) mass is 239 g/mol. The van der Waals surface area contributed by atoms with Crippen LogP contribution < -0.4 is 5.32 Å². The number of hydrogen-bond donors (Lipinski definition) is 2. The summed E-state index contributed by atoms with van der Waals surface area (Å²) < 4.78 is 18.2. The molecule has 1 aliphatic heterocycles. The van der Waals surface area contributed by atoms with Gasteiger partial charge in [-0.25, -0.2) is 4.39 Å². The first-order valence-corrected chi connectivity index (χ1v) is 6.01. The quantitative estimate of drug-likeness (QED) is 0.820. The van der Waals surface area contributed by atoms with E-state index in [-0.39, 0.29) is 11.9 Å². The van der Waals surface area contributed by atoms with Gasteiger partial charge >= 0.3 is 0 Å². The molecule has 0 aliphatic carbocycles. The molecule has 2 N–H and O–H groups in total. The van der Waals surface area contributed by atoms with Crippen molar-refractivity contribution >= 4 is 0 Å². The molecule has 1 aromatic rings. The van der Waals surface area contributed by atoms with E-state index in [4.69, 9.17) is 4.74 Å². The summed E-state index contributed by atoms with van der Waals surface area (Å²) in [6.45, 7) is 2.07. The molecule has 4 heteroatoms. The van der Waals surface area contributed by atoms with Crippen LogP contribution in [0.3, 0.4) is 0 Å². The molecule has 3 nitrogen and oxygen atoms in total. The molecule has 0 bridgehead atoms. The number of hydrogen-bond acceptors (Lipinski definition) is 3. The highest BCUT2D eigenvalue weighted by Crippen LogP contribution is 2.13. The number of aliphatic hydroxyl groups excluding tert-OH is 1. The normalized spacial score (nSPS) is 21.6. The highest BCUT2D eigenvalue weighted by atomic mass is 19.1. The highest BCUT2D eigenvalue weighted by Gasteiger charge is 2.15. The lowest BCUT2D eigenvalue weighted by molar-refractivity contribution is 0.103. The van der Waals surface area contributed by atoms with Crippen LogP contribution >= 0.6 is 0 Å². The maximum atomic E-state index is 12.7. The minimum Gasteiger partial charge on any atom is -0.387 e. The van der Waals surface area contributed by atoms with Gasteiger partial charge in [0, 0.05) is 19.7 Å². The topological polar surface area (TPSA) is 41.5 Å². The third-order valence-electron chi connectivity index (χ3n) is 2.99. The average Bonchev–Trinajstić information content (AvgIpc) is 2.83. The van der Waals surface area contributed by atoms with Gasteiger partial charge in [0.2, 0.25) is 0 Å². The Hall–Kier alpha value is -0.970. The number of nitrogens with one attached hydrogen (secondary N) is 1. The van der Waals surface area contributed by atoms with E-state index in [1.807, 2.05) is 0 Å². The second-order valence-corrected chi connectivity index (χ2v) is 4.36. The standard InChI is InChI=1S/C13H18FNO2/c14-11-5-3-10(4-6-11)13(16)9-15-8-12-2-1-7-17-12/h3-6,12-13,15-16H,1-2,7-9H2. The van der Waals surface area contributed by atoms with Gasteiger partial charge in [-0.1, -0.05) is 12.1 Å². The maximum absolute atomic E-state index is 12.7. The smallest absolute Gasteiger partial charge is 0.123 e. The van der Waals surface area contributed by atoms with E-state index in [2.05, 4.69) is 5.32 Å². The van der Waals surface area contributed by atoms with Gasteiger partial charge in [0.1, 0.15) is 5.82 Å². The molecule has 1 aromatic carbocycles. The Morgan fingerprint density at radius 2 is 2.18 bits per heavy atom. The van der Waals surface area contributed by atoms with Crippen molar-refractivity contribution < 1.29 is 14.2 Å². The molecule has 0 aromatic heterocycles. The van der Waals surface area contributed by atoms with Crippen molar-refractivity contribution in [2.45, 2.75) is 25.0 Å². The van der Waals surface area contributed by atoms with Gasteiger partial charge in [0.15, 0.2) is 0 Å². The molecule has 17 heavy (non-hydrogen) atoms. The highest BCUT2D eigenvalue weighted by molar-refractivity contribution is 5.18. The van der Waals surface area contributed by atoms with Gasteiger partial charge in [-0.2, -0.15) is 0 Å². The molecule has 0 amide bonds. The van der Waals surface area contributed by atoms with Crippen molar-refractivity contribution in [2.75, 3.05) is 19.7 Å². The van der Waals surface area contributed by atoms with Gasteiger partial charge in [0.05, 0.1) is 12.2 Å². The van der Waals surface area contributed by atoms with Crippen LogP contribution in [0.4, 0.5) is 4.39 Å². The molecule has 1 heterocycles. The number of aliphatic hydroxyl groups is 1. The minimum atomic E-state index is -0.600. The lowest BCUT2D eigenvalue weighted by Crippen LogP contribution is -2.29. The van der Waals surface area contributed by atoms with Crippen LogP contribution in [0.1, 0.15) is 24.5 Å². The van der Waals surface area contributed by atoms with Crippen LogP contribution in [0.15, 0.2) is 24.3 Å². The Balaban J connectivity index is 1.72. The molecule has 2 rings (SSSR count). The van der Waals surface area contributed by atoms with E-state index in [1.165, 1.54) is 12.1 Å². The van der Waals surface area contributed by atoms with Gasteiger partial charge in [-0.05, 0) is 30.5 Å². The van der Waals surface area contributed by atoms with Crippen molar-refractivity contribution in [3.8, 4) is 0 Å². The predicted octanol–water partition coefficient (Wildman–Crippen LogP) is 1.63. The molecule has 0 saturated carbocycles. The SMILES string of the molecule is OC(CNCC1CCCO1)c1ccc(F)cc1. The van der Waals surface area contributed by atoms with Crippen molar-refractivity contribution in [2.24, 2.45) is 0 Å². The summed E-state index contributed by atoms with van der Waals surface area (Å²) in [5.41, 5.74) is 0.728. The van der Waals surface area contributed by atoms with Gasteiger partial charge < -0.3 is 15.2 Å². The fourth-order valence-electron chi connectivity index (χ4n) is 1.99. The first-order valence-electron chi connectivity index (χ1n) is 6.01. The summed E-state index contributed by atoms with van der Waals surface area (Å²) in [6, 6.07) is 5.93. The van der Waals surface area contributed by atoms with E-state index in [0.29, 0.717) is 6.54 Å². The Morgan fingerprint density at radius 3 is 2.82 bits per heavy atom. The number of ether oxygens (including phenoxy) is 1. The predicted molar refractivity (Wildman–Crippen MR) is 63.2 cm³/mol. The molecule has 0 spiro atoms. The summed E-state index contributed by atoms with van der Waals surface area (Å²) in [7, 11) is 0. The summed E-state index contributed by atoms with van der Waals surface area (Å²) in [6.07, 6.45) is 1.87. The fourth-order valence-corrected chi connectivity index (χ4v) is 1.99. The van der Waals surface area contributed by atoms with Crippen LogP contribution in [-0.4, -0.2) is 30.9 Å². The molecular formula is C13H18FNO2. The van der Waals surface area contributed by atoms with E-state index >= 15 is 0 Å². The first kappa shape index (κ1) is 12.5. The maximum Gasteiger partial charge on any atom is 0.123 e. The zero-order valence-corrected chi connectivity index (χ0v) is 9.73. The van der Waals surface area contributed by atoms with Gasteiger partial charge in [-0.15, -0.1) is 0 Å². The van der Waals surface area contributed by atoms with Crippen LogP contribution in [0.25, 0.3) is 0 Å². The first-order chi connectivity index (χ1) is 8.25. The third-order valence-corrected chi connectivity index (χ3v) is 2.99. The molecule has 2 unspecified atom stereocenters. The lowest BCUT2D eigenvalue weighted by atomic mass is 10.1. The van der Waals surface area contributed by atoms with Crippen molar-refractivity contribution in [1.82, 2.24) is 5.32 Å². The Bertz CT molecular complexity index is 336. The number of rotatable bonds is 5. The Labute approximate surface area is 101 Å². The van der Waals surface area contributed by atoms with Crippen LogP contribution in [0, 0.1) is 5.82 Å². The molecule has 1 fully saturated rings. The molecule has 0 radical (unpaired) electrons. The van der Waals surface area contributed by atoms with E-state index in [9.17, 15) is 9.50 Å². The van der Waals surface area contributed by atoms with Crippen molar-refractivity contribution in [3.63, 3.8) is 0 Å². The van der Waals surface area contributed by atoms with Crippen LogP contribution in [-0.2, 0) is 4.74 Å². The Kier molecular flexibility index (Phi) is 4.48. The van der Waals surface area contributed by atoms with Gasteiger partial charge in [0.25, 0.3) is 0 Å². The summed E-state index contributed by atoms with van der Waals surface area (Å²) >= 11 is 0. The summed E-state index contributed by atoms with van der Waals surface area (Å²) in [4.78, 5) is 0. The summed E-state index contributed by atoms with van der Waals surface area (Å²) in [5.74, 6) is -0.284. The zero-order valence-electron chi connectivity index (χ0n) is 9.73. The molecule has 2 atom stereocenters. The van der Waals surface area contributed by atoms with Crippen LogP contribution in [0.2, 0.25) is 0 Å². The van der Waals surface area contributed by atoms with E-state index in [0.717, 1.165) is 31.6 Å². The zero-order chi connectivity index (χ0) is 12.1. The number of benzene rings is 1.